The zero-order valence-corrected chi connectivity index (χ0v) is 16.9. The van der Waals surface area contributed by atoms with Crippen molar-refractivity contribution in [3.63, 3.8) is 0 Å². The molecule has 1 N–H and O–H groups in total. The fourth-order valence-corrected chi connectivity index (χ4v) is 3.34. The van der Waals surface area contributed by atoms with E-state index in [4.69, 9.17) is 4.74 Å². The number of amides is 2. The average molecular weight is 380 g/mol. The molecule has 5 heteroatoms. The predicted molar refractivity (Wildman–Crippen MR) is 112 cm³/mol. The van der Waals surface area contributed by atoms with Crippen LogP contribution in [-0.2, 0) is 9.59 Å². The van der Waals surface area contributed by atoms with Crippen LogP contribution < -0.4 is 15.0 Å². The van der Waals surface area contributed by atoms with E-state index in [0.717, 1.165) is 17.0 Å². The molecular formula is C23H28N2O3. The van der Waals surface area contributed by atoms with Crippen molar-refractivity contribution >= 4 is 23.2 Å². The molecule has 2 aromatic carbocycles. The quantitative estimate of drug-likeness (QED) is 0.774. The summed E-state index contributed by atoms with van der Waals surface area (Å²) in [6, 6.07) is 15.2. The number of benzene rings is 2. The van der Waals surface area contributed by atoms with Gasteiger partial charge in [0.05, 0.1) is 17.9 Å². The number of carbonyl (C=O) groups is 2. The van der Waals surface area contributed by atoms with Crippen LogP contribution in [0, 0.1) is 18.8 Å². The number of rotatable bonds is 7. The number of nitrogens with zero attached hydrogens (tertiary/aromatic N) is 1. The van der Waals surface area contributed by atoms with E-state index in [9.17, 15) is 9.59 Å². The van der Waals surface area contributed by atoms with Gasteiger partial charge in [0, 0.05) is 17.9 Å². The standard InChI is InChI=1S/C23H28N2O3/c1-5-25(18-8-6-7-16(4)13-18)23(27)21-14-20(21)22(26)24-17-9-11-19(12-10-17)28-15(2)3/h6-13,15,20-21H,5,14H2,1-4H3,(H,24,26). The molecule has 0 bridgehead atoms. The summed E-state index contributed by atoms with van der Waals surface area (Å²) in [5, 5.41) is 2.91. The van der Waals surface area contributed by atoms with Gasteiger partial charge in [0.15, 0.2) is 0 Å². The number of hydrogen-bond acceptors (Lipinski definition) is 3. The fraction of sp³-hybridized carbons (Fsp3) is 0.391. The van der Waals surface area contributed by atoms with Crippen molar-refractivity contribution in [3.05, 3.63) is 54.1 Å². The van der Waals surface area contributed by atoms with E-state index in [0.29, 0.717) is 18.7 Å². The topological polar surface area (TPSA) is 58.6 Å². The molecule has 28 heavy (non-hydrogen) atoms. The zero-order chi connectivity index (χ0) is 20.3. The smallest absolute Gasteiger partial charge is 0.230 e. The van der Waals surface area contributed by atoms with Gasteiger partial charge in [-0.3, -0.25) is 9.59 Å². The molecular weight excluding hydrogens is 352 g/mol. The van der Waals surface area contributed by atoms with E-state index < -0.39 is 0 Å². The lowest BCUT2D eigenvalue weighted by atomic mass is 10.2. The highest BCUT2D eigenvalue weighted by molar-refractivity contribution is 6.04. The van der Waals surface area contributed by atoms with Crippen molar-refractivity contribution < 1.29 is 14.3 Å². The Hall–Kier alpha value is -2.82. The maximum atomic E-state index is 12.9. The molecule has 0 aromatic heterocycles. The second-order valence-corrected chi connectivity index (χ2v) is 7.55. The summed E-state index contributed by atoms with van der Waals surface area (Å²) in [6.07, 6.45) is 0.704. The van der Waals surface area contributed by atoms with Crippen molar-refractivity contribution in [3.8, 4) is 5.75 Å². The second kappa shape index (κ2) is 8.46. The molecule has 0 spiro atoms. The van der Waals surface area contributed by atoms with Gasteiger partial charge in [-0.15, -0.1) is 0 Å². The number of carbonyl (C=O) groups excluding carboxylic acids is 2. The molecule has 1 saturated carbocycles. The normalized spacial score (nSPS) is 17.9. The van der Waals surface area contributed by atoms with Crippen molar-refractivity contribution in [2.75, 3.05) is 16.8 Å². The van der Waals surface area contributed by atoms with E-state index in [1.165, 1.54) is 0 Å². The minimum absolute atomic E-state index is 0.0222. The lowest BCUT2D eigenvalue weighted by Gasteiger charge is -2.21. The van der Waals surface area contributed by atoms with Gasteiger partial charge in [-0.25, -0.2) is 0 Å². The van der Waals surface area contributed by atoms with Crippen LogP contribution in [-0.4, -0.2) is 24.5 Å². The van der Waals surface area contributed by atoms with E-state index in [1.807, 2.05) is 76.2 Å². The number of anilines is 2. The van der Waals surface area contributed by atoms with E-state index >= 15 is 0 Å². The van der Waals surface area contributed by atoms with Crippen molar-refractivity contribution in [1.29, 1.82) is 0 Å². The van der Waals surface area contributed by atoms with Crippen molar-refractivity contribution in [2.24, 2.45) is 11.8 Å². The predicted octanol–water partition coefficient (Wildman–Crippen LogP) is 4.41. The van der Waals surface area contributed by atoms with Crippen LogP contribution in [0.15, 0.2) is 48.5 Å². The molecule has 1 aliphatic carbocycles. The summed E-state index contributed by atoms with van der Waals surface area (Å²) in [7, 11) is 0. The Morgan fingerprint density at radius 1 is 1.14 bits per heavy atom. The molecule has 0 radical (unpaired) electrons. The minimum atomic E-state index is -0.266. The molecule has 5 nitrogen and oxygen atoms in total. The van der Waals surface area contributed by atoms with Gasteiger partial charge in [-0.2, -0.15) is 0 Å². The average Bonchev–Trinajstić information content (AvgIpc) is 3.44. The lowest BCUT2D eigenvalue weighted by molar-refractivity contribution is -0.123. The minimum Gasteiger partial charge on any atom is -0.491 e. The van der Waals surface area contributed by atoms with E-state index in [-0.39, 0.29) is 29.8 Å². The molecule has 2 atom stereocenters. The lowest BCUT2D eigenvalue weighted by Crippen LogP contribution is -2.33. The van der Waals surface area contributed by atoms with Gasteiger partial charge in [-0.1, -0.05) is 12.1 Å². The first-order valence-electron chi connectivity index (χ1n) is 9.84. The summed E-state index contributed by atoms with van der Waals surface area (Å²) in [5.41, 5.74) is 2.71. The Kier molecular flexibility index (Phi) is 6.02. The third-order valence-electron chi connectivity index (χ3n) is 4.83. The maximum absolute atomic E-state index is 12.9. The number of aryl methyl sites for hydroxylation is 1. The summed E-state index contributed by atoms with van der Waals surface area (Å²) in [6.45, 7) is 8.49. The maximum Gasteiger partial charge on any atom is 0.230 e. The SMILES string of the molecule is CCN(C(=O)C1CC1C(=O)Nc1ccc(OC(C)C)cc1)c1cccc(C)c1. The zero-order valence-electron chi connectivity index (χ0n) is 16.9. The van der Waals surface area contributed by atoms with Crippen LogP contribution in [0.5, 0.6) is 5.75 Å². The summed E-state index contributed by atoms with van der Waals surface area (Å²) < 4.78 is 5.61. The Balaban J connectivity index is 1.59. The van der Waals surface area contributed by atoms with Gasteiger partial charge in [0.2, 0.25) is 11.8 Å². The highest BCUT2D eigenvalue weighted by Crippen LogP contribution is 2.41. The molecule has 0 saturated heterocycles. The molecule has 0 heterocycles. The largest absolute Gasteiger partial charge is 0.491 e. The monoisotopic (exact) mass is 380 g/mol. The van der Waals surface area contributed by atoms with Gasteiger partial charge in [0.1, 0.15) is 5.75 Å². The first kappa shape index (κ1) is 19.9. The Bertz CT molecular complexity index is 845. The first-order chi connectivity index (χ1) is 13.4. The van der Waals surface area contributed by atoms with Crippen LogP contribution in [0.25, 0.3) is 0 Å². The molecule has 2 amide bonds. The van der Waals surface area contributed by atoms with Crippen LogP contribution in [0.1, 0.15) is 32.8 Å². The summed E-state index contributed by atoms with van der Waals surface area (Å²) in [4.78, 5) is 27.2. The van der Waals surface area contributed by atoms with Crippen LogP contribution >= 0.6 is 0 Å². The third kappa shape index (κ3) is 4.71. The van der Waals surface area contributed by atoms with Gasteiger partial charge in [0.25, 0.3) is 0 Å². The summed E-state index contributed by atoms with van der Waals surface area (Å²) in [5.74, 6) is 0.177. The molecule has 2 unspecified atom stereocenters. The Morgan fingerprint density at radius 3 is 2.46 bits per heavy atom. The number of hydrogen-bond donors (Lipinski definition) is 1. The number of nitrogens with one attached hydrogen (secondary N) is 1. The van der Waals surface area contributed by atoms with Crippen molar-refractivity contribution in [2.45, 2.75) is 40.2 Å². The highest BCUT2D eigenvalue weighted by Gasteiger charge is 2.49. The van der Waals surface area contributed by atoms with Crippen LogP contribution in [0.2, 0.25) is 0 Å². The number of ether oxygens (including phenoxy) is 1. The summed E-state index contributed by atoms with van der Waals surface area (Å²) >= 11 is 0. The molecule has 2 aromatic rings. The van der Waals surface area contributed by atoms with Gasteiger partial charge >= 0.3 is 0 Å². The molecule has 0 aliphatic heterocycles. The molecule has 3 rings (SSSR count). The highest BCUT2D eigenvalue weighted by atomic mass is 16.5. The van der Waals surface area contributed by atoms with Crippen LogP contribution in [0.4, 0.5) is 11.4 Å². The molecule has 1 aliphatic rings. The van der Waals surface area contributed by atoms with E-state index in [1.54, 1.807) is 4.90 Å². The third-order valence-corrected chi connectivity index (χ3v) is 4.83. The second-order valence-electron chi connectivity index (χ2n) is 7.55. The van der Waals surface area contributed by atoms with Gasteiger partial charge in [-0.05, 0) is 76.1 Å². The molecule has 1 fully saturated rings. The van der Waals surface area contributed by atoms with Gasteiger partial charge < -0.3 is 15.0 Å². The van der Waals surface area contributed by atoms with E-state index in [2.05, 4.69) is 5.32 Å². The fourth-order valence-electron chi connectivity index (χ4n) is 3.34. The van der Waals surface area contributed by atoms with Crippen LogP contribution in [0.3, 0.4) is 0 Å². The van der Waals surface area contributed by atoms with Crippen molar-refractivity contribution in [1.82, 2.24) is 0 Å². The molecule has 148 valence electrons. The Labute approximate surface area is 166 Å². The Morgan fingerprint density at radius 2 is 1.86 bits per heavy atom. The first-order valence-corrected chi connectivity index (χ1v) is 9.84.